The topological polar surface area (TPSA) is 24.4 Å². The Labute approximate surface area is 121 Å². The minimum Gasteiger partial charge on any atom is -0.335 e. The third-order valence-electron chi connectivity index (χ3n) is 3.51. The van der Waals surface area contributed by atoms with Crippen molar-refractivity contribution in [2.45, 2.75) is 25.3 Å². The number of hydrogen-bond donors (Lipinski definition) is 1. The van der Waals surface area contributed by atoms with Crippen LogP contribution in [0.4, 0.5) is 5.69 Å². The first-order valence-corrected chi connectivity index (χ1v) is 7.89. The van der Waals surface area contributed by atoms with Crippen LogP contribution >= 0.6 is 35.0 Å². The number of nitrogens with one attached hydrogen (secondary N) is 1. The molecular weight excluding hydrogens is 287 g/mol. The van der Waals surface area contributed by atoms with Gasteiger partial charge in [0.15, 0.2) is 5.17 Å². The van der Waals surface area contributed by atoms with Gasteiger partial charge in [-0.2, -0.15) is 0 Å². The van der Waals surface area contributed by atoms with Crippen LogP contribution in [-0.4, -0.2) is 17.0 Å². The Bertz CT molecular complexity index is 490. The standard InChI is InChI=1S/C13H14Cl2N2S/c14-10-5-4-9(6-11(10)15)16-13-17-12-3-1-2-8(12)7-18-13/h4-6,8,12H,1-3,7H2,(H,16,17). The maximum absolute atomic E-state index is 6.00. The minimum absolute atomic E-state index is 0.525. The zero-order chi connectivity index (χ0) is 12.5. The normalized spacial score (nSPS) is 26.7. The van der Waals surface area contributed by atoms with Crippen molar-refractivity contribution in [2.75, 3.05) is 11.1 Å². The Morgan fingerprint density at radius 2 is 2.11 bits per heavy atom. The summed E-state index contributed by atoms with van der Waals surface area (Å²) in [5.74, 6) is 1.96. The van der Waals surface area contributed by atoms with E-state index in [4.69, 9.17) is 28.2 Å². The van der Waals surface area contributed by atoms with Gasteiger partial charge in [-0.15, -0.1) is 0 Å². The van der Waals surface area contributed by atoms with E-state index in [2.05, 4.69) is 5.32 Å². The summed E-state index contributed by atoms with van der Waals surface area (Å²) in [4.78, 5) is 4.78. The first-order valence-electron chi connectivity index (χ1n) is 6.15. The zero-order valence-corrected chi connectivity index (χ0v) is 12.2. The molecule has 1 heterocycles. The average molecular weight is 301 g/mol. The molecule has 1 aromatic rings. The molecule has 1 saturated carbocycles. The molecule has 1 aromatic carbocycles. The highest BCUT2D eigenvalue weighted by molar-refractivity contribution is 8.14. The van der Waals surface area contributed by atoms with Crippen LogP contribution < -0.4 is 5.32 Å². The van der Waals surface area contributed by atoms with E-state index in [1.54, 1.807) is 6.07 Å². The Morgan fingerprint density at radius 3 is 2.94 bits per heavy atom. The molecule has 18 heavy (non-hydrogen) atoms. The molecule has 1 N–H and O–H groups in total. The summed E-state index contributed by atoms with van der Waals surface area (Å²) >= 11 is 13.7. The van der Waals surface area contributed by atoms with E-state index >= 15 is 0 Å². The van der Waals surface area contributed by atoms with Gasteiger partial charge in [0.2, 0.25) is 0 Å². The van der Waals surface area contributed by atoms with Crippen molar-refractivity contribution in [3.05, 3.63) is 28.2 Å². The van der Waals surface area contributed by atoms with Crippen LogP contribution in [0.15, 0.2) is 23.2 Å². The summed E-state index contributed by atoms with van der Waals surface area (Å²) in [6.45, 7) is 0. The van der Waals surface area contributed by atoms with Gasteiger partial charge in [0, 0.05) is 11.4 Å². The van der Waals surface area contributed by atoms with E-state index in [1.807, 2.05) is 23.9 Å². The Hall–Kier alpha value is -0.380. The Balaban J connectivity index is 1.74. The maximum atomic E-state index is 6.00. The van der Waals surface area contributed by atoms with Crippen LogP contribution in [0.5, 0.6) is 0 Å². The fourth-order valence-corrected chi connectivity index (χ4v) is 3.98. The van der Waals surface area contributed by atoms with Crippen molar-refractivity contribution in [3.8, 4) is 0 Å². The van der Waals surface area contributed by atoms with Gasteiger partial charge >= 0.3 is 0 Å². The molecule has 2 nitrogen and oxygen atoms in total. The molecule has 1 aliphatic carbocycles. The molecule has 0 aromatic heterocycles. The molecule has 3 rings (SSSR count). The molecule has 0 bridgehead atoms. The second kappa shape index (κ2) is 5.32. The molecule has 0 spiro atoms. The zero-order valence-electron chi connectivity index (χ0n) is 9.83. The number of hydrogen-bond acceptors (Lipinski definition) is 3. The predicted molar refractivity (Wildman–Crippen MR) is 81.1 cm³/mol. The molecule has 96 valence electrons. The molecule has 2 aliphatic rings. The highest BCUT2D eigenvalue weighted by Crippen LogP contribution is 2.36. The van der Waals surface area contributed by atoms with Crippen LogP contribution in [0.25, 0.3) is 0 Å². The molecule has 0 radical (unpaired) electrons. The third-order valence-corrected chi connectivity index (χ3v) is 5.32. The van der Waals surface area contributed by atoms with Gasteiger partial charge in [-0.25, -0.2) is 0 Å². The summed E-state index contributed by atoms with van der Waals surface area (Å²) < 4.78 is 0. The lowest BCUT2D eigenvalue weighted by molar-refractivity contribution is 0.535. The second-order valence-corrected chi connectivity index (χ2v) is 6.58. The van der Waals surface area contributed by atoms with Gasteiger partial charge in [0.25, 0.3) is 0 Å². The second-order valence-electron chi connectivity index (χ2n) is 4.76. The van der Waals surface area contributed by atoms with E-state index in [0.29, 0.717) is 16.1 Å². The fraction of sp³-hybridized carbons (Fsp3) is 0.462. The molecule has 5 heteroatoms. The lowest BCUT2D eigenvalue weighted by Gasteiger charge is -2.23. The van der Waals surface area contributed by atoms with Crippen LogP contribution in [0.1, 0.15) is 19.3 Å². The number of rotatable bonds is 1. The molecule has 0 amide bonds. The van der Waals surface area contributed by atoms with Crippen molar-refractivity contribution < 1.29 is 0 Å². The van der Waals surface area contributed by atoms with E-state index < -0.39 is 0 Å². The summed E-state index contributed by atoms with van der Waals surface area (Å²) in [6, 6.07) is 6.10. The van der Waals surface area contributed by atoms with Crippen molar-refractivity contribution in [3.63, 3.8) is 0 Å². The predicted octanol–water partition coefficient (Wildman–Crippen LogP) is 4.68. The van der Waals surface area contributed by atoms with Gasteiger partial charge in [-0.05, 0) is 37.0 Å². The maximum Gasteiger partial charge on any atom is 0.161 e. The summed E-state index contributed by atoms with van der Waals surface area (Å²) in [7, 11) is 0. The number of fused-ring (bicyclic) bond motifs is 1. The quantitative estimate of drug-likeness (QED) is 0.814. The van der Waals surface area contributed by atoms with Crippen LogP contribution in [0.2, 0.25) is 10.0 Å². The molecule has 0 saturated heterocycles. The van der Waals surface area contributed by atoms with Crippen LogP contribution in [-0.2, 0) is 0 Å². The van der Waals surface area contributed by atoms with Gasteiger partial charge < -0.3 is 5.32 Å². The number of anilines is 1. The van der Waals surface area contributed by atoms with Crippen LogP contribution in [0, 0.1) is 5.92 Å². The molecule has 2 atom stereocenters. The summed E-state index contributed by atoms with van der Waals surface area (Å²) in [6.07, 6.45) is 3.89. The monoisotopic (exact) mass is 300 g/mol. The molecule has 1 aliphatic heterocycles. The number of aliphatic imine (C=N–C) groups is 1. The Morgan fingerprint density at radius 1 is 1.22 bits per heavy atom. The van der Waals surface area contributed by atoms with Crippen molar-refractivity contribution >= 4 is 45.8 Å². The minimum atomic E-state index is 0.525. The fourth-order valence-electron chi connectivity index (χ4n) is 2.52. The first kappa shape index (κ1) is 12.6. The highest BCUT2D eigenvalue weighted by Gasteiger charge is 2.30. The highest BCUT2D eigenvalue weighted by atomic mass is 35.5. The van der Waals surface area contributed by atoms with Gasteiger partial charge in [0.05, 0.1) is 16.1 Å². The summed E-state index contributed by atoms with van der Waals surface area (Å²) in [5, 5.41) is 5.49. The molecule has 1 fully saturated rings. The van der Waals surface area contributed by atoms with E-state index in [-0.39, 0.29) is 0 Å². The number of thioether (sulfide) groups is 1. The van der Waals surface area contributed by atoms with Crippen molar-refractivity contribution in [1.29, 1.82) is 0 Å². The van der Waals surface area contributed by atoms with Crippen LogP contribution in [0.3, 0.4) is 0 Å². The number of amidine groups is 1. The number of halogens is 2. The lowest BCUT2D eigenvalue weighted by Crippen LogP contribution is -2.25. The first-order chi connectivity index (χ1) is 8.72. The van der Waals surface area contributed by atoms with Gasteiger partial charge in [-0.3, -0.25) is 4.99 Å². The molecule has 2 unspecified atom stereocenters. The van der Waals surface area contributed by atoms with Gasteiger partial charge in [-0.1, -0.05) is 41.4 Å². The van der Waals surface area contributed by atoms with E-state index in [1.165, 1.54) is 25.0 Å². The van der Waals surface area contributed by atoms with Crippen molar-refractivity contribution in [1.82, 2.24) is 0 Å². The SMILES string of the molecule is Clc1ccc(NC2=NC3CCCC3CS2)cc1Cl. The largest absolute Gasteiger partial charge is 0.335 e. The third kappa shape index (κ3) is 2.63. The lowest BCUT2D eigenvalue weighted by atomic mass is 10.1. The number of nitrogens with zero attached hydrogens (tertiary/aromatic N) is 1. The molecular formula is C13H14Cl2N2S. The summed E-state index contributed by atoms with van der Waals surface area (Å²) in [5.41, 5.74) is 0.951. The smallest absolute Gasteiger partial charge is 0.161 e. The van der Waals surface area contributed by atoms with E-state index in [0.717, 1.165) is 16.8 Å². The van der Waals surface area contributed by atoms with Crippen molar-refractivity contribution in [2.24, 2.45) is 10.9 Å². The van der Waals surface area contributed by atoms with E-state index in [9.17, 15) is 0 Å². The van der Waals surface area contributed by atoms with Gasteiger partial charge in [0.1, 0.15) is 0 Å². The number of benzene rings is 1. The average Bonchev–Trinajstić information content (AvgIpc) is 2.81. The Kier molecular flexibility index (Phi) is 3.73.